The molecule has 0 atom stereocenters. The highest BCUT2D eigenvalue weighted by atomic mass is 28.3. The van der Waals surface area contributed by atoms with Gasteiger partial charge in [0.15, 0.2) is 0 Å². The van der Waals surface area contributed by atoms with Gasteiger partial charge in [-0.1, -0.05) is 25.6 Å². The van der Waals surface area contributed by atoms with Crippen molar-refractivity contribution in [3.63, 3.8) is 0 Å². The van der Waals surface area contributed by atoms with Gasteiger partial charge in [0.25, 0.3) is 0 Å². The normalized spacial score (nSPS) is 14.5. The Morgan fingerprint density at radius 2 is 1.75 bits per heavy atom. The van der Waals surface area contributed by atoms with E-state index in [1.54, 1.807) is 12.4 Å². The van der Waals surface area contributed by atoms with Crippen LogP contribution in [0.1, 0.15) is 28.1 Å². The van der Waals surface area contributed by atoms with Crippen LogP contribution in [0.4, 0.5) is 11.4 Å². The molecule has 0 unspecified atom stereocenters. The van der Waals surface area contributed by atoms with E-state index in [-0.39, 0.29) is 24.1 Å². The maximum absolute atomic E-state index is 7.55. The summed E-state index contributed by atoms with van der Waals surface area (Å²) in [6.45, 7) is 10.7. The highest BCUT2D eigenvalue weighted by Gasteiger charge is 2.15. The third kappa shape index (κ3) is 5.86. The third-order valence-electron chi connectivity index (χ3n) is 5.38. The molecule has 0 fully saturated rings. The van der Waals surface area contributed by atoms with Gasteiger partial charge >= 0.3 is 0 Å². The fraction of sp³-hybridized carbons (Fsp3) is 0.321. The Hall–Kier alpha value is -3.83. The summed E-state index contributed by atoms with van der Waals surface area (Å²) in [5, 5.41) is 4.40. The number of rotatable bonds is 7. The number of ether oxygens (including phenoxy) is 2. The zero-order chi connectivity index (χ0) is 30.9. The van der Waals surface area contributed by atoms with E-state index in [0.29, 0.717) is 28.1 Å². The molecule has 2 aromatic carbocycles. The molecule has 0 N–H and O–H groups in total. The number of methoxy groups -OCH3 is 2. The number of benzene rings is 2. The summed E-state index contributed by atoms with van der Waals surface area (Å²) in [6.07, 6.45) is 5.38. The van der Waals surface area contributed by atoms with E-state index in [0.717, 1.165) is 5.56 Å². The SMILES string of the molecule is [2H]C([2H])([2H])Oc1cc(OC([2H])([2H])[2H])cc(N(CC#C[Si](C)(C)C)c2ccc3ncc(-c4cnn(C(C)C)c4)nc3c2)c1. The van der Waals surface area contributed by atoms with Crippen LogP contribution in [0.5, 0.6) is 11.5 Å². The van der Waals surface area contributed by atoms with Crippen molar-refractivity contribution >= 4 is 30.5 Å². The number of anilines is 2. The second-order valence-electron chi connectivity index (χ2n) is 9.74. The standard InChI is InChI=1S/C28H33N5O2Si/c1-20(2)33-19-21(17-30-33)28-18-29-26-10-9-22(15-27(26)31-28)32(11-8-12-36(5,6)7)23-13-24(34-3)16-25(14-23)35-4/h9-10,13-20H,11H2,1-7H3/i3D3,4D3. The van der Waals surface area contributed by atoms with Crippen molar-refractivity contribution in [1.82, 2.24) is 19.7 Å². The van der Waals surface area contributed by atoms with Gasteiger partial charge in [-0.3, -0.25) is 9.67 Å². The molecule has 0 saturated carbocycles. The maximum Gasteiger partial charge on any atom is 0.129 e. The first-order valence-electron chi connectivity index (χ1n) is 14.6. The lowest BCUT2D eigenvalue weighted by molar-refractivity contribution is 0.394. The molecule has 7 nitrogen and oxygen atoms in total. The van der Waals surface area contributed by atoms with Crippen LogP contribution in [0.25, 0.3) is 22.3 Å². The fourth-order valence-corrected chi connectivity index (χ4v) is 4.21. The predicted molar refractivity (Wildman–Crippen MR) is 149 cm³/mol. The molecule has 2 aromatic heterocycles. The predicted octanol–water partition coefficient (Wildman–Crippen LogP) is 6.11. The average molecular weight is 506 g/mol. The van der Waals surface area contributed by atoms with Crippen molar-refractivity contribution < 1.29 is 17.7 Å². The number of nitrogens with zero attached hydrogens (tertiary/aromatic N) is 5. The Morgan fingerprint density at radius 1 is 1.00 bits per heavy atom. The molecule has 4 rings (SSSR count). The molecule has 186 valence electrons. The maximum atomic E-state index is 7.55. The highest BCUT2D eigenvalue weighted by Crippen LogP contribution is 2.34. The molecule has 0 aliphatic rings. The topological polar surface area (TPSA) is 65.3 Å². The van der Waals surface area contributed by atoms with Gasteiger partial charge in [-0.2, -0.15) is 5.10 Å². The Labute approximate surface area is 222 Å². The number of fused-ring (bicyclic) bond motifs is 1. The van der Waals surface area contributed by atoms with Gasteiger partial charge in [0.2, 0.25) is 0 Å². The van der Waals surface area contributed by atoms with Crippen LogP contribution < -0.4 is 14.4 Å². The van der Waals surface area contributed by atoms with Crippen LogP contribution in [-0.2, 0) is 0 Å². The van der Waals surface area contributed by atoms with Crippen LogP contribution in [-0.4, -0.2) is 48.4 Å². The largest absolute Gasteiger partial charge is 0.497 e. The minimum absolute atomic E-state index is 0.0695. The number of hydrogen-bond donors (Lipinski definition) is 0. The quantitative estimate of drug-likeness (QED) is 0.223. The molecular formula is C28H33N5O2Si. The molecule has 4 aromatic rings. The van der Waals surface area contributed by atoms with E-state index >= 15 is 0 Å². The molecule has 36 heavy (non-hydrogen) atoms. The summed E-state index contributed by atoms with van der Waals surface area (Å²) in [4.78, 5) is 11.2. The minimum Gasteiger partial charge on any atom is -0.497 e. The van der Waals surface area contributed by atoms with E-state index in [4.69, 9.17) is 22.7 Å². The summed E-state index contributed by atoms with van der Waals surface area (Å²) in [6, 6.07) is 10.0. The lowest BCUT2D eigenvalue weighted by Gasteiger charge is -2.24. The molecular weight excluding hydrogens is 466 g/mol. The molecule has 0 saturated heterocycles. The summed E-state index contributed by atoms with van der Waals surface area (Å²) >= 11 is 0. The van der Waals surface area contributed by atoms with E-state index in [1.807, 2.05) is 47.8 Å². The van der Waals surface area contributed by atoms with Gasteiger partial charge in [-0.15, -0.1) is 5.54 Å². The monoisotopic (exact) mass is 505 g/mol. The van der Waals surface area contributed by atoms with Gasteiger partial charge in [0.1, 0.15) is 19.6 Å². The molecule has 2 heterocycles. The summed E-state index contributed by atoms with van der Waals surface area (Å²) in [5.41, 5.74) is 7.26. The van der Waals surface area contributed by atoms with Crippen molar-refractivity contribution in [2.45, 2.75) is 39.5 Å². The lowest BCUT2D eigenvalue weighted by Crippen LogP contribution is -2.20. The number of aromatic nitrogens is 4. The average Bonchev–Trinajstić information content (AvgIpc) is 3.34. The Balaban J connectivity index is 1.83. The molecule has 0 bridgehead atoms. The molecule has 0 aliphatic heterocycles. The van der Waals surface area contributed by atoms with Crippen molar-refractivity contribution in [3.8, 4) is 34.2 Å². The first kappa shape index (κ1) is 18.4. The second-order valence-corrected chi connectivity index (χ2v) is 14.5. The van der Waals surface area contributed by atoms with E-state index in [1.165, 1.54) is 18.2 Å². The van der Waals surface area contributed by atoms with E-state index in [9.17, 15) is 0 Å². The first-order chi connectivity index (χ1) is 19.5. The third-order valence-corrected chi connectivity index (χ3v) is 6.30. The zero-order valence-corrected chi connectivity index (χ0v) is 22.0. The van der Waals surface area contributed by atoms with Crippen LogP contribution in [0.15, 0.2) is 55.0 Å². The second kappa shape index (κ2) is 10.4. The fourth-order valence-electron chi connectivity index (χ4n) is 3.61. The molecule has 0 amide bonds. The smallest absolute Gasteiger partial charge is 0.129 e. The summed E-state index contributed by atoms with van der Waals surface area (Å²) in [5.74, 6) is 3.10. The van der Waals surface area contributed by atoms with E-state index < -0.39 is 22.1 Å². The highest BCUT2D eigenvalue weighted by molar-refractivity contribution is 6.83. The van der Waals surface area contributed by atoms with Gasteiger partial charge in [0, 0.05) is 47.4 Å². The van der Waals surface area contributed by atoms with Gasteiger partial charge in [-0.25, -0.2) is 4.98 Å². The lowest BCUT2D eigenvalue weighted by atomic mass is 10.2. The zero-order valence-electron chi connectivity index (χ0n) is 27.0. The van der Waals surface area contributed by atoms with Crippen LogP contribution in [0.3, 0.4) is 0 Å². The first-order valence-corrected chi connectivity index (χ1v) is 15.1. The van der Waals surface area contributed by atoms with Gasteiger partial charge in [-0.05, 0) is 32.0 Å². The van der Waals surface area contributed by atoms with Crippen molar-refractivity contribution in [1.29, 1.82) is 0 Å². The van der Waals surface area contributed by atoms with Gasteiger partial charge in [0.05, 0.1) is 58.0 Å². The number of hydrogen-bond acceptors (Lipinski definition) is 6. The molecule has 0 aliphatic carbocycles. The minimum atomic E-state index is -2.75. The van der Waals surface area contributed by atoms with Crippen molar-refractivity contribution in [2.75, 3.05) is 25.5 Å². The Bertz CT molecular complexity index is 1600. The summed E-state index contributed by atoms with van der Waals surface area (Å²) in [7, 11) is -7.23. The van der Waals surface area contributed by atoms with Crippen LogP contribution >= 0.6 is 0 Å². The molecule has 0 radical (unpaired) electrons. The Morgan fingerprint density at radius 3 is 2.39 bits per heavy atom. The van der Waals surface area contributed by atoms with E-state index in [2.05, 4.69) is 41.2 Å². The van der Waals surface area contributed by atoms with Crippen LogP contribution in [0, 0.1) is 11.5 Å². The molecule has 8 heteroatoms. The Kier molecular flexibility index (Phi) is 5.34. The van der Waals surface area contributed by atoms with Crippen molar-refractivity contribution in [3.05, 3.63) is 55.0 Å². The van der Waals surface area contributed by atoms with Crippen molar-refractivity contribution in [2.24, 2.45) is 0 Å². The van der Waals surface area contributed by atoms with Gasteiger partial charge < -0.3 is 14.4 Å². The van der Waals surface area contributed by atoms with Crippen LogP contribution in [0.2, 0.25) is 19.6 Å². The molecule has 0 spiro atoms. The summed E-state index contributed by atoms with van der Waals surface area (Å²) < 4.78 is 57.5.